The SMILES string of the molecule is CN(C)S(=O)(=O)CCNS(=O)(=O)c1ccc(C(N)=S)nc1. The summed E-state index contributed by atoms with van der Waals surface area (Å²) in [6.45, 7) is -0.236. The van der Waals surface area contributed by atoms with Crippen molar-refractivity contribution in [3.63, 3.8) is 0 Å². The third kappa shape index (κ3) is 4.97. The Morgan fingerprint density at radius 1 is 1.33 bits per heavy atom. The largest absolute Gasteiger partial charge is 0.388 e. The first kappa shape index (κ1) is 17.9. The molecule has 21 heavy (non-hydrogen) atoms. The molecule has 0 aliphatic rings. The number of nitrogens with two attached hydrogens (primary N) is 1. The molecule has 0 atom stereocenters. The van der Waals surface area contributed by atoms with Gasteiger partial charge in [0.1, 0.15) is 9.88 Å². The molecule has 0 aromatic carbocycles. The summed E-state index contributed by atoms with van der Waals surface area (Å²) in [5, 5.41) is 0. The molecule has 0 aliphatic carbocycles. The van der Waals surface area contributed by atoms with E-state index < -0.39 is 20.0 Å². The highest BCUT2D eigenvalue weighted by Gasteiger charge is 2.18. The molecule has 0 radical (unpaired) electrons. The van der Waals surface area contributed by atoms with Gasteiger partial charge in [-0.3, -0.25) is 4.98 Å². The third-order valence-electron chi connectivity index (χ3n) is 2.51. The lowest BCUT2D eigenvalue weighted by atomic mass is 10.3. The molecule has 0 saturated carbocycles. The Kier molecular flexibility index (Phi) is 5.75. The second-order valence-corrected chi connectivity index (χ2v) is 8.75. The molecule has 1 rings (SSSR count). The van der Waals surface area contributed by atoms with Gasteiger partial charge in [0.05, 0.1) is 11.4 Å². The fraction of sp³-hybridized carbons (Fsp3) is 0.400. The molecule has 1 heterocycles. The Labute approximate surface area is 129 Å². The summed E-state index contributed by atoms with van der Waals surface area (Å²) in [7, 11) is -4.54. The van der Waals surface area contributed by atoms with Crippen molar-refractivity contribution in [2.45, 2.75) is 4.90 Å². The van der Waals surface area contributed by atoms with Crippen molar-refractivity contribution in [3.05, 3.63) is 24.0 Å². The maximum atomic E-state index is 11.9. The van der Waals surface area contributed by atoms with Crippen molar-refractivity contribution in [1.29, 1.82) is 0 Å². The predicted molar refractivity (Wildman–Crippen MR) is 82.8 cm³/mol. The zero-order chi connectivity index (χ0) is 16.3. The van der Waals surface area contributed by atoms with Gasteiger partial charge in [-0.15, -0.1) is 0 Å². The highest BCUT2D eigenvalue weighted by molar-refractivity contribution is 7.90. The number of nitrogens with one attached hydrogen (secondary N) is 1. The first-order chi connectivity index (χ1) is 9.56. The van der Waals surface area contributed by atoms with E-state index in [0.717, 1.165) is 10.5 Å². The topological polar surface area (TPSA) is 122 Å². The van der Waals surface area contributed by atoms with Crippen LogP contribution in [-0.4, -0.2) is 57.5 Å². The van der Waals surface area contributed by atoms with E-state index >= 15 is 0 Å². The highest BCUT2D eigenvalue weighted by Crippen LogP contribution is 2.07. The van der Waals surface area contributed by atoms with E-state index in [9.17, 15) is 16.8 Å². The smallest absolute Gasteiger partial charge is 0.242 e. The number of aromatic nitrogens is 1. The number of hydrogen-bond acceptors (Lipinski definition) is 6. The minimum atomic E-state index is -3.83. The van der Waals surface area contributed by atoms with Gasteiger partial charge in [-0.25, -0.2) is 25.9 Å². The standard InChI is InChI=1S/C10H16N4O4S3/c1-14(2)20(15,16)6-5-13-21(17,18)8-3-4-9(10(11)19)12-7-8/h3-4,7,13H,5-6H2,1-2H3,(H2,11,19). The molecule has 1 aromatic rings. The van der Waals surface area contributed by atoms with E-state index in [0.29, 0.717) is 5.69 Å². The van der Waals surface area contributed by atoms with Gasteiger partial charge in [-0.05, 0) is 12.1 Å². The number of sulfonamides is 2. The van der Waals surface area contributed by atoms with Gasteiger partial charge in [0.2, 0.25) is 20.0 Å². The maximum Gasteiger partial charge on any atom is 0.242 e. The van der Waals surface area contributed by atoms with Crippen LogP contribution >= 0.6 is 12.2 Å². The Morgan fingerprint density at radius 3 is 2.38 bits per heavy atom. The van der Waals surface area contributed by atoms with Crippen LogP contribution in [0.25, 0.3) is 0 Å². The van der Waals surface area contributed by atoms with Crippen LogP contribution in [-0.2, 0) is 20.0 Å². The van der Waals surface area contributed by atoms with Crippen LogP contribution in [0.15, 0.2) is 23.2 Å². The summed E-state index contributed by atoms with van der Waals surface area (Å²) in [5.74, 6) is -0.336. The van der Waals surface area contributed by atoms with Crippen molar-refractivity contribution < 1.29 is 16.8 Å². The molecule has 8 nitrogen and oxygen atoms in total. The number of hydrogen-bond donors (Lipinski definition) is 2. The van der Waals surface area contributed by atoms with Crippen LogP contribution in [0.5, 0.6) is 0 Å². The van der Waals surface area contributed by atoms with Gasteiger partial charge < -0.3 is 5.73 Å². The third-order valence-corrected chi connectivity index (χ3v) is 6.00. The second kappa shape index (κ2) is 6.75. The molecule has 0 aliphatic heterocycles. The van der Waals surface area contributed by atoms with Crippen LogP contribution in [0, 0.1) is 0 Å². The van der Waals surface area contributed by atoms with Crippen molar-refractivity contribution in [1.82, 2.24) is 14.0 Å². The van der Waals surface area contributed by atoms with Gasteiger partial charge in [0.15, 0.2) is 0 Å². The Bertz CT molecular complexity index is 711. The summed E-state index contributed by atoms with van der Waals surface area (Å²) < 4.78 is 50.2. The average molecular weight is 352 g/mol. The first-order valence-electron chi connectivity index (χ1n) is 5.72. The summed E-state index contributed by atoms with van der Waals surface area (Å²) >= 11 is 4.71. The van der Waals surface area contributed by atoms with E-state index in [4.69, 9.17) is 18.0 Å². The maximum absolute atomic E-state index is 11.9. The molecule has 3 N–H and O–H groups in total. The molecule has 0 fully saturated rings. The summed E-state index contributed by atoms with van der Waals surface area (Å²) in [4.78, 5) is 3.78. The predicted octanol–water partition coefficient (Wildman–Crippen LogP) is -1.11. The summed E-state index contributed by atoms with van der Waals surface area (Å²) in [6.07, 6.45) is 1.11. The van der Waals surface area contributed by atoms with E-state index in [2.05, 4.69) is 9.71 Å². The number of thiocarbonyl (C=S) groups is 1. The van der Waals surface area contributed by atoms with Crippen molar-refractivity contribution in [2.24, 2.45) is 5.73 Å². The Balaban J connectivity index is 2.76. The summed E-state index contributed by atoms with van der Waals surface area (Å²) in [5.41, 5.74) is 5.67. The fourth-order valence-corrected chi connectivity index (χ4v) is 3.21. The van der Waals surface area contributed by atoms with E-state index in [1.165, 1.54) is 26.2 Å². The lowest BCUT2D eigenvalue weighted by molar-refractivity contribution is 0.519. The van der Waals surface area contributed by atoms with E-state index in [-0.39, 0.29) is 22.2 Å². The molecule has 0 spiro atoms. The number of rotatable bonds is 7. The zero-order valence-corrected chi connectivity index (χ0v) is 13.9. The van der Waals surface area contributed by atoms with Gasteiger partial charge in [-0.2, -0.15) is 0 Å². The lowest BCUT2D eigenvalue weighted by Crippen LogP contribution is -2.34. The van der Waals surface area contributed by atoms with Crippen LogP contribution in [0.2, 0.25) is 0 Å². The Hall–Kier alpha value is -1.14. The highest BCUT2D eigenvalue weighted by atomic mass is 32.2. The second-order valence-electron chi connectivity index (χ2n) is 4.24. The van der Waals surface area contributed by atoms with Crippen molar-refractivity contribution >= 4 is 37.3 Å². The van der Waals surface area contributed by atoms with E-state index in [1.807, 2.05) is 0 Å². The average Bonchev–Trinajstić information content (AvgIpc) is 2.38. The quantitative estimate of drug-likeness (QED) is 0.596. The van der Waals surface area contributed by atoms with Crippen molar-refractivity contribution in [2.75, 3.05) is 26.4 Å². The van der Waals surface area contributed by atoms with Gasteiger partial charge >= 0.3 is 0 Å². The monoisotopic (exact) mass is 352 g/mol. The molecular formula is C10H16N4O4S3. The van der Waals surface area contributed by atoms with Crippen LogP contribution in [0.3, 0.4) is 0 Å². The molecule has 0 unspecified atom stereocenters. The van der Waals surface area contributed by atoms with Gasteiger partial charge in [0.25, 0.3) is 0 Å². The van der Waals surface area contributed by atoms with Gasteiger partial charge in [-0.1, -0.05) is 12.2 Å². The first-order valence-corrected chi connectivity index (χ1v) is 9.22. The molecule has 0 amide bonds. The number of nitrogens with zero attached hydrogens (tertiary/aromatic N) is 2. The lowest BCUT2D eigenvalue weighted by Gasteiger charge is -2.11. The molecule has 0 bridgehead atoms. The van der Waals surface area contributed by atoms with Gasteiger partial charge in [0, 0.05) is 26.8 Å². The zero-order valence-electron chi connectivity index (χ0n) is 11.5. The molecular weight excluding hydrogens is 336 g/mol. The summed E-state index contributed by atoms with van der Waals surface area (Å²) in [6, 6.07) is 2.68. The molecule has 118 valence electrons. The van der Waals surface area contributed by atoms with Crippen molar-refractivity contribution in [3.8, 4) is 0 Å². The molecule has 0 saturated heterocycles. The fourth-order valence-electron chi connectivity index (χ4n) is 1.26. The Morgan fingerprint density at radius 2 is 1.95 bits per heavy atom. The molecule has 1 aromatic heterocycles. The van der Waals surface area contributed by atoms with Crippen LogP contribution in [0.4, 0.5) is 0 Å². The number of pyridine rings is 1. The van der Waals surface area contributed by atoms with Crippen LogP contribution in [0.1, 0.15) is 5.69 Å². The molecule has 11 heteroatoms. The minimum absolute atomic E-state index is 0.0592. The van der Waals surface area contributed by atoms with E-state index in [1.54, 1.807) is 0 Å². The normalized spacial score (nSPS) is 12.5. The minimum Gasteiger partial charge on any atom is -0.388 e. The van der Waals surface area contributed by atoms with Crippen LogP contribution < -0.4 is 10.5 Å².